The normalized spacial score (nSPS) is 11.9. The minimum absolute atomic E-state index is 0.120. The molecule has 0 nitrogen and oxygen atoms in total. The summed E-state index contributed by atoms with van der Waals surface area (Å²) in [4.78, 5) is 0. The third-order valence-electron chi connectivity index (χ3n) is 2.05. The van der Waals surface area contributed by atoms with Gasteiger partial charge >= 0.3 is 0 Å². The Morgan fingerprint density at radius 1 is 1.50 bits per heavy atom. The highest BCUT2D eigenvalue weighted by Gasteiger charge is 1.98. The summed E-state index contributed by atoms with van der Waals surface area (Å²) in [6.45, 7) is 10.1. The quantitative estimate of drug-likeness (QED) is 0.427. The van der Waals surface area contributed by atoms with Gasteiger partial charge in [-0.15, -0.1) is 6.58 Å². The van der Waals surface area contributed by atoms with E-state index in [4.69, 9.17) is 7.85 Å². The van der Waals surface area contributed by atoms with E-state index in [0.717, 1.165) is 12.6 Å². The van der Waals surface area contributed by atoms with E-state index in [0.29, 0.717) is 0 Å². The van der Waals surface area contributed by atoms with E-state index >= 15 is 0 Å². The first kappa shape index (κ1) is 11.6. The maximum atomic E-state index is 5.67. The second-order valence-electron chi connectivity index (χ2n) is 3.41. The lowest BCUT2D eigenvalue weighted by atomic mass is 9.60. The molecule has 0 aliphatic heterocycles. The van der Waals surface area contributed by atoms with E-state index in [2.05, 4.69) is 34.6 Å². The molecular formula is C10H17B2. The Morgan fingerprint density at radius 2 is 2.08 bits per heavy atom. The van der Waals surface area contributed by atoms with Crippen LogP contribution in [0.15, 0.2) is 23.8 Å². The third-order valence-corrected chi connectivity index (χ3v) is 2.05. The lowest BCUT2D eigenvalue weighted by Gasteiger charge is -2.05. The van der Waals surface area contributed by atoms with E-state index in [-0.39, 0.29) is 5.82 Å². The van der Waals surface area contributed by atoms with Crippen LogP contribution in [0.25, 0.3) is 0 Å². The average molecular weight is 159 g/mol. The number of rotatable bonds is 5. The molecule has 0 aromatic rings. The van der Waals surface area contributed by atoms with Crippen molar-refractivity contribution >= 4 is 15.1 Å². The van der Waals surface area contributed by atoms with E-state index in [9.17, 15) is 0 Å². The lowest BCUT2D eigenvalue weighted by Crippen LogP contribution is -1.96. The van der Waals surface area contributed by atoms with Crippen molar-refractivity contribution in [3.63, 3.8) is 0 Å². The summed E-state index contributed by atoms with van der Waals surface area (Å²) in [5.41, 5.74) is 2.84. The van der Waals surface area contributed by atoms with Gasteiger partial charge in [0.05, 0.1) is 7.85 Å². The Labute approximate surface area is 78.8 Å². The Balaban J connectivity index is 3.57. The summed E-state index contributed by atoms with van der Waals surface area (Å²) in [6.07, 6.45) is 3.76. The molecule has 63 valence electrons. The molecule has 0 heterocycles. The van der Waals surface area contributed by atoms with Gasteiger partial charge in [0.25, 0.3) is 0 Å². The predicted octanol–water partition coefficient (Wildman–Crippen LogP) is 3.03. The molecule has 3 radical (unpaired) electrons. The van der Waals surface area contributed by atoms with Crippen molar-refractivity contribution in [2.45, 2.75) is 39.2 Å². The van der Waals surface area contributed by atoms with Crippen LogP contribution >= 0.6 is 0 Å². The fourth-order valence-electron chi connectivity index (χ4n) is 0.793. The molecular weight excluding hydrogens is 142 g/mol. The number of allylic oxidation sites excluding steroid dienone is 3. The summed E-state index contributed by atoms with van der Waals surface area (Å²) >= 11 is 0. The van der Waals surface area contributed by atoms with Crippen molar-refractivity contribution < 1.29 is 0 Å². The maximum Gasteiger partial charge on any atom is 0.114 e. The highest BCUT2D eigenvalue weighted by molar-refractivity contribution is 6.38. The van der Waals surface area contributed by atoms with Crippen LogP contribution in [-0.4, -0.2) is 15.1 Å². The minimum atomic E-state index is 0.120. The van der Waals surface area contributed by atoms with Gasteiger partial charge in [0.15, 0.2) is 0 Å². The van der Waals surface area contributed by atoms with Crippen molar-refractivity contribution in [1.82, 2.24) is 0 Å². The molecule has 0 aromatic carbocycles. The Kier molecular flexibility index (Phi) is 5.96. The van der Waals surface area contributed by atoms with Gasteiger partial charge in [0, 0.05) is 0 Å². The first-order chi connectivity index (χ1) is 5.57. The van der Waals surface area contributed by atoms with Gasteiger partial charge in [-0.05, 0) is 20.8 Å². The van der Waals surface area contributed by atoms with Crippen LogP contribution < -0.4 is 0 Å². The molecule has 2 heteroatoms. The van der Waals surface area contributed by atoms with E-state index in [1.54, 1.807) is 6.08 Å². The van der Waals surface area contributed by atoms with Gasteiger partial charge in [-0.2, -0.15) is 0 Å². The third kappa shape index (κ3) is 5.29. The standard InChI is InChI=1S/C10H17B2/c1-5-10(11)7-12-6-9(4)8(2)3/h5,10H,1,6-7H2,2-4H3/t10-/m0/s1. The fraction of sp³-hybridized carbons (Fsp3) is 0.600. The molecule has 1 atom stereocenters. The molecule has 0 fully saturated rings. The predicted molar refractivity (Wildman–Crippen MR) is 59.1 cm³/mol. The van der Waals surface area contributed by atoms with Crippen molar-refractivity contribution in [3.05, 3.63) is 23.8 Å². The molecule has 0 rings (SSSR count). The zero-order valence-electron chi connectivity index (χ0n) is 8.43. The molecule has 0 spiro atoms. The van der Waals surface area contributed by atoms with Gasteiger partial charge in [-0.25, -0.2) is 0 Å². The SMILES string of the molecule is [B][C@@H](C=C)C[B]CC(C)=C(C)C. The van der Waals surface area contributed by atoms with Gasteiger partial charge in [0.1, 0.15) is 7.28 Å². The van der Waals surface area contributed by atoms with Gasteiger partial charge in [-0.1, -0.05) is 35.7 Å². The molecule has 0 aliphatic carbocycles. The van der Waals surface area contributed by atoms with Crippen molar-refractivity contribution in [1.29, 1.82) is 0 Å². The monoisotopic (exact) mass is 159 g/mol. The molecule has 0 saturated heterocycles. The highest BCUT2D eigenvalue weighted by Crippen LogP contribution is 2.12. The van der Waals surface area contributed by atoms with Crippen LogP contribution in [0, 0.1) is 0 Å². The van der Waals surface area contributed by atoms with E-state index < -0.39 is 0 Å². The molecule has 0 aromatic heterocycles. The van der Waals surface area contributed by atoms with Gasteiger partial charge < -0.3 is 0 Å². The summed E-state index contributed by atoms with van der Waals surface area (Å²) in [5, 5.41) is 0. The smallest absolute Gasteiger partial charge is 0.104 e. The molecule has 0 N–H and O–H groups in total. The molecule has 0 unspecified atom stereocenters. The number of hydrogen-bond donors (Lipinski definition) is 0. The van der Waals surface area contributed by atoms with Crippen LogP contribution in [0.1, 0.15) is 20.8 Å². The largest absolute Gasteiger partial charge is 0.114 e. The zero-order valence-corrected chi connectivity index (χ0v) is 8.43. The molecule has 0 saturated carbocycles. The summed E-state index contributed by atoms with van der Waals surface area (Å²) in [6, 6.07) is 0. The number of hydrogen-bond acceptors (Lipinski definition) is 0. The van der Waals surface area contributed by atoms with Gasteiger partial charge in [0.2, 0.25) is 0 Å². The van der Waals surface area contributed by atoms with Crippen molar-refractivity contribution in [2.75, 3.05) is 0 Å². The second kappa shape index (κ2) is 6.16. The zero-order chi connectivity index (χ0) is 9.56. The fourth-order valence-corrected chi connectivity index (χ4v) is 0.793. The topological polar surface area (TPSA) is 0 Å². The van der Waals surface area contributed by atoms with E-state index in [1.165, 1.54) is 11.1 Å². The van der Waals surface area contributed by atoms with Crippen LogP contribution in [0.5, 0.6) is 0 Å². The summed E-state index contributed by atoms with van der Waals surface area (Å²) in [5.74, 6) is 0.120. The second-order valence-corrected chi connectivity index (χ2v) is 3.41. The van der Waals surface area contributed by atoms with Gasteiger partial charge in [-0.3, -0.25) is 0 Å². The minimum Gasteiger partial charge on any atom is -0.104 e. The van der Waals surface area contributed by atoms with Crippen LogP contribution in [-0.2, 0) is 0 Å². The highest BCUT2D eigenvalue weighted by atomic mass is 13.9. The first-order valence-electron chi connectivity index (χ1n) is 4.40. The Hall–Kier alpha value is -0.390. The van der Waals surface area contributed by atoms with Crippen LogP contribution in [0.3, 0.4) is 0 Å². The molecule has 0 amide bonds. The van der Waals surface area contributed by atoms with Crippen LogP contribution in [0.2, 0.25) is 18.5 Å². The summed E-state index contributed by atoms with van der Waals surface area (Å²) < 4.78 is 0. The summed E-state index contributed by atoms with van der Waals surface area (Å²) in [7, 11) is 7.89. The Morgan fingerprint density at radius 3 is 2.50 bits per heavy atom. The first-order valence-corrected chi connectivity index (χ1v) is 4.40. The average Bonchev–Trinajstić information content (AvgIpc) is 2.03. The molecule has 0 bridgehead atoms. The Bertz CT molecular complexity index is 167. The maximum absolute atomic E-state index is 5.67. The lowest BCUT2D eigenvalue weighted by molar-refractivity contribution is 1.16. The molecule has 12 heavy (non-hydrogen) atoms. The van der Waals surface area contributed by atoms with Crippen molar-refractivity contribution in [3.8, 4) is 0 Å². The van der Waals surface area contributed by atoms with E-state index in [1.807, 2.05) is 0 Å². The van der Waals surface area contributed by atoms with Crippen molar-refractivity contribution in [2.24, 2.45) is 0 Å². The van der Waals surface area contributed by atoms with Crippen LogP contribution in [0.4, 0.5) is 0 Å². The molecule has 0 aliphatic rings.